The molecule has 0 radical (unpaired) electrons. The summed E-state index contributed by atoms with van der Waals surface area (Å²) in [5.74, 6) is 5.48. The van der Waals surface area contributed by atoms with Crippen molar-refractivity contribution in [2.45, 2.75) is 166 Å². The number of fused-ring (bicyclic) bond motifs is 1. The van der Waals surface area contributed by atoms with Crippen molar-refractivity contribution in [1.82, 2.24) is 0 Å². The Morgan fingerprint density at radius 2 is 1.66 bits per heavy atom. The van der Waals surface area contributed by atoms with Gasteiger partial charge in [-0.05, 0) is 128 Å². The number of allylic oxidation sites excluding steroid dienone is 3. The van der Waals surface area contributed by atoms with E-state index in [9.17, 15) is 4.79 Å². The van der Waals surface area contributed by atoms with Crippen LogP contribution in [0.3, 0.4) is 0 Å². The lowest BCUT2D eigenvalue weighted by Crippen LogP contribution is -2.34. The van der Waals surface area contributed by atoms with E-state index in [1.165, 1.54) is 55.6 Å². The summed E-state index contributed by atoms with van der Waals surface area (Å²) in [4.78, 5) is 13.7. The zero-order chi connectivity index (χ0) is 33.6. The van der Waals surface area contributed by atoms with E-state index in [0.717, 1.165) is 54.8 Å². The van der Waals surface area contributed by atoms with Crippen molar-refractivity contribution >= 4 is 5.78 Å². The highest BCUT2D eigenvalue weighted by Gasteiger charge is 2.74. The minimum atomic E-state index is 0. The first-order valence-corrected chi connectivity index (χ1v) is 19.5. The van der Waals surface area contributed by atoms with E-state index < -0.39 is 0 Å². The fourth-order valence-corrected chi connectivity index (χ4v) is 11.0. The molecule has 0 saturated heterocycles. The highest BCUT2D eigenvalue weighted by Crippen LogP contribution is 2.83. The first-order valence-electron chi connectivity index (χ1n) is 19.5. The third kappa shape index (κ3) is 9.14. The van der Waals surface area contributed by atoms with Crippen LogP contribution in [0.5, 0.6) is 0 Å². The molecule has 0 aromatic rings. The van der Waals surface area contributed by atoms with Gasteiger partial charge < -0.3 is 10.6 Å². The topological polar surface area (TPSA) is 68.8 Å². The number of ketones is 1. The maximum Gasteiger partial charge on any atom is 0.137 e. The van der Waals surface area contributed by atoms with E-state index in [-0.39, 0.29) is 25.4 Å². The fourth-order valence-electron chi connectivity index (χ4n) is 11.0. The van der Waals surface area contributed by atoms with Gasteiger partial charge in [0.25, 0.3) is 0 Å². The van der Waals surface area contributed by atoms with Gasteiger partial charge in [0.15, 0.2) is 0 Å². The number of aliphatic hydroxyl groups is 1. The van der Waals surface area contributed by atoms with E-state index >= 15 is 0 Å². The summed E-state index contributed by atoms with van der Waals surface area (Å²) in [6.07, 6.45) is 22.0. The normalized spacial score (nSPS) is 34.1. The molecule has 274 valence electrons. The molecule has 47 heavy (non-hydrogen) atoms. The van der Waals surface area contributed by atoms with E-state index in [4.69, 9.17) is 5.11 Å². The van der Waals surface area contributed by atoms with Crippen LogP contribution in [-0.2, 0) is 4.79 Å². The fraction of sp³-hybridized carbons (Fsp3) is 0.841. The third-order valence-electron chi connectivity index (χ3n) is 14.2. The van der Waals surface area contributed by atoms with E-state index in [1.54, 1.807) is 31.8 Å². The predicted molar refractivity (Wildman–Crippen MR) is 205 cm³/mol. The summed E-state index contributed by atoms with van der Waals surface area (Å²) in [6.45, 7) is 30.8. The van der Waals surface area contributed by atoms with Gasteiger partial charge in [0.05, 0.1) is 0 Å². The van der Waals surface area contributed by atoms with Crippen LogP contribution in [0.25, 0.3) is 0 Å². The van der Waals surface area contributed by atoms with Gasteiger partial charge in [-0.15, -0.1) is 6.58 Å². The quantitative estimate of drug-likeness (QED) is 0.158. The van der Waals surface area contributed by atoms with Gasteiger partial charge in [-0.25, -0.2) is 0 Å². The minimum absolute atomic E-state index is 0. The summed E-state index contributed by atoms with van der Waals surface area (Å²) < 4.78 is 0. The molecule has 0 aromatic heterocycles. The Bertz CT molecular complexity index is 995. The molecule has 9 unspecified atom stereocenters. The molecule has 0 bridgehead atoms. The molecule has 6 aliphatic rings. The van der Waals surface area contributed by atoms with Crippen molar-refractivity contribution in [3.63, 3.8) is 0 Å². The Morgan fingerprint density at radius 1 is 1.02 bits per heavy atom. The molecule has 0 aromatic carbocycles. The van der Waals surface area contributed by atoms with Crippen molar-refractivity contribution in [2.75, 3.05) is 6.61 Å². The van der Waals surface area contributed by atoms with Gasteiger partial charge >= 0.3 is 0 Å². The largest absolute Gasteiger partial charge is 0.412 e. The van der Waals surface area contributed by atoms with Crippen LogP contribution in [-0.4, -0.2) is 23.0 Å². The lowest BCUT2D eigenvalue weighted by Gasteiger charge is -2.42. The van der Waals surface area contributed by atoms with E-state index in [0.29, 0.717) is 41.3 Å². The Kier molecular flexibility index (Phi) is 17.4. The Balaban J connectivity index is 0.000000473. The van der Waals surface area contributed by atoms with Gasteiger partial charge in [-0.1, -0.05) is 119 Å². The van der Waals surface area contributed by atoms with Gasteiger partial charge in [0.2, 0.25) is 0 Å². The second-order valence-corrected chi connectivity index (χ2v) is 16.7. The first-order chi connectivity index (χ1) is 21.4. The third-order valence-corrected chi connectivity index (χ3v) is 14.2. The number of aliphatic hydroxyl groups excluding tert-OH is 1. The highest BCUT2D eigenvalue weighted by atomic mass is 16.2. The summed E-state index contributed by atoms with van der Waals surface area (Å²) >= 11 is 0. The average Bonchev–Trinajstić information content (AvgIpc) is 3.48. The van der Waals surface area contributed by atoms with Crippen molar-refractivity contribution in [1.29, 1.82) is 0 Å². The SMILES string of the molecule is C.C=C(CC)C(CCC)CC(=O)C1C(C(=C)C(C)C2CCCC2)CC2C1C2(C)C.C=CCCCO.CC.CC12CCCC13CC3C2.O. The molecule has 0 heterocycles. The smallest absolute Gasteiger partial charge is 0.137 e. The second kappa shape index (κ2) is 18.7. The lowest BCUT2D eigenvalue weighted by molar-refractivity contribution is -0.125. The van der Waals surface area contributed by atoms with Gasteiger partial charge in [0, 0.05) is 18.9 Å². The molecule has 3 N–H and O–H groups in total. The van der Waals surface area contributed by atoms with Crippen LogP contribution in [0.1, 0.15) is 166 Å². The number of Topliss-reactive ketones (excluding diaryl/α,β-unsaturated/α-hetero) is 1. The molecule has 6 rings (SSSR count). The van der Waals surface area contributed by atoms with Crippen molar-refractivity contribution in [3.8, 4) is 0 Å². The molecule has 9 atom stereocenters. The summed E-state index contributed by atoms with van der Waals surface area (Å²) in [5.41, 5.74) is 4.82. The van der Waals surface area contributed by atoms with Crippen molar-refractivity contribution < 1.29 is 15.4 Å². The number of hydrogen-bond donors (Lipinski definition) is 1. The molecule has 0 amide bonds. The van der Waals surface area contributed by atoms with Crippen LogP contribution in [0.2, 0.25) is 0 Å². The van der Waals surface area contributed by atoms with Gasteiger partial charge in [-0.3, -0.25) is 4.79 Å². The monoisotopic (exact) mass is 657 g/mol. The number of hydrogen-bond acceptors (Lipinski definition) is 2. The predicted octanol–water partition coefficient (Wildman–Crippen LogP) is 12.0. The maximum absolute atomic E-state index is 13.7. The van der Waals surface area contributed by atoms with Crippen LogP contribution >= 0.6 is 0 Å². The van der Waals surface area contributed by atoms with E-state index in [1.807, 2.05) is 13.8 Å². The zero-order valence-electron chi connectivity index (χ0n) is 31.7. The molecule has 3 heteroatoms. The van der Waals surface area contributed by atoms with Gasteiger partial charge in [0.1, 0.15) is 5.78 Å². The highest BCUT2D eigenvalue weighted by molar-refractivity contribution is 5.84. The number of unbranched alkanes of at least 4 members (excludes halogenated alkanes) is 1. The number of rotatable bonds is 13. The molecule has 3 nitrogen and oxygen atoms in total. The Hall–Kier alpha value is -1.19. The van der Waals surface area contributed by atoms with Crippen LogP contribution in [0, 0.1) is 63.6 Å². The molecular formula is C44H80O3. The molecule has 6 aliphatic carbocycles. The molecule has 0 aliphatic heterocycles. The summed E-state index contributed by atoms with van der Waals surface area (Å²) in [6, 6.07) is 0. The maximum atomic E-state index is 13.7. The van der Waals surface area contributed by atoms with Crippen LogP contribution < -0.4 is 0 Å². The van der Waals surface area contributed by atoms with Gasteiger partial charge in [-0.2, -0.15) is 0 Å². The summed E-state index contributed by atoms with van der Waals surface area (Å²) in [5, 5.41) is 8.15. The summed E-state index contributed by atoms with van der Waals surface area (Å²) in [7, 11) is 0. The lowest BCUT2D eigenvalue weighted by atomic mass is 9.63. The average molecular weight is 657 g/mol. The number of carbonyl (C=O) groups excluding carboxylic acids is 1. The second-order valence-electron chi connectivity index (χ2n) is 16.7. The molecule has 6 fully saturated rings. The Morgan fingerprint density at radius 3 is 2.11 bits per heavy atom. The molecular weight excluding hydrogens is 576 g/mol. The number of carbonyl (C=O) groups is 1. The first kappa shape index (κ1) is 43.8. The van der Waals surface area contributed by atoms with Crippen molar-refractivity contribution in [2.24, 2.45) is 63.6 Å². The van der Waals surface area contributed by atoms with E-state index in [2.05, 4.69) is 61.3 Å². The zero-order valence-corrected chi connectivity index (χ0v) is 31.7. The standard InChI is InChI=1S/C27H44O.C9H14.C5H10O.C2H6.CH4.H2O/c1-8-12-21(17(3)9-2)15-24(28)25-22(16-23-26(25)27(23,6)7)19(5)18(4)20-13-10-11-14-20;1-8-3-2-4-9(8)6-7(9)5-8;1-2-3-4-5-6;1-2;;/h18,20-23,25-26H,3,5,8-16H2,1-2,4,6-7H3;7H,2-6H2,1H3;2,6H,1,3-5H2;1-2H3;1H4;1H2. The van der Waals surface area contributed by atoms with Crippen LogP contribution in [0.4, 0.5) is 0 Å². The molecule has 6 saturated carbocycles. The molecule has 1 spiro atoms. The van der Waals surface area contributed by atoms with Crippen molar-refractivity contribution in [3.05, 3.63) is 37.0 Å². The Labute approximate surface area is 293 Å². The minimum Gasteiger partial charge on any atom is -0.412 e. The van der Waals surface area contributed by atoms with Crippen LogP contribution in [0.15, 0.2) is 37.0 Å².